The fourth-order valence-corrected chi connectivity index (χ4v) is 3.52. The van der Waals surface area contributed by atoms with Gasteiger partial charge in [-0.3, -0.25) is 4.79 Å². The normalized spacial score (nSPS) is 25.0. The predicted molar refractivity (Wildman–Crippen MR) is 89.1 cm³/mol. The first-order valence-electron chi connectivity index (χ1n) is 8.07. The number of nitrogens with zero attached hydrogens (tertiary/aromatic N) is 4. The third-order valence-electron chi connectivity index (χ3n) is 4.73. The second kappa shape index (κ2) is 7.04. The molecule has 3 fully saturated rings. The van der Waals surface area contributed by atoms with Crippen LogP contribution in [0.25, 0.3) is 0 Å². The molecule has 3 aliphatic rings. The summed E-state index contributed by atoms with van der Waals surface area (Å²) in [7, 11) is 2.74. The van der Waals surface area contributed by atoms with E-state index in [0.717, 1.165) is 6.42 Å². The minimum Gasteiger partial charge on any atom is -0.464 e. The Morgan fingerprint density at radius 2 is 2.00 bits per heavy atom. The number of oxime groups is 1. The SMILES string of the molecule is CON=C(C)C(=O)N1CC2CC(C1)C2Nc1cc(C(=O)OC)ncn1. The number of carbonyl (C=O) groups excluding carboxylic acids is 2. The highest BCUT2D eigenvalue weighted by Crippen LogP contribution is 2.41. The Bertz CT molecular complexity index is 696. The van der Waals surface area contributed by atoms with Crippen LogP contribution < -0.4 is 5.32 Å². The Morgan fingerprint density at radius 3 is 2.64 bits per heavy atom. The van der Waals surface area contributed by atoms with Crippen molar-refractivity contribution in [3.8, 4) is 0 Å². The standard InChI is InChI=1S/C16H21N5O4/c1-9(20-25-3)15(22)21-6-10-4-11(7-21)14(10)19-13-5-12(16(23)24-2)17-8-18-13/h5,8,10-11,14H,4,6-7H2,1-3H3,(H,17,18,19). The van der Waals surface area contributed by atoms with Crippen molar-refractivity contribution in [1.29, 1.82) is 0 Å². The smallest absolute Gasteiger partial charge is 0.356 e. The molecule has 1 aromatic rings. The van der Waals surface area contributed by atoms with E-state index in [2.05, 4.69) is 30.0 Å². The molecule has 2 unspecified atom stereocenters. The van der Waals surface area contributed by atoms with Gasteiger partial charge in [0.15, 0.2) is 5.69 Å². The number of fused-ring (bicyclic) bond motifs is 2. The summed E-state index contributed by atoms with van der Waals surface area (Å²) in [6.07, 6.45) is 2.40. The number of piperidine rings is 2. The third-order valence-corrected chi connectivity index (χ3v) is 4.73. The van der Waals surface area contributed by atoms with Crippen molar-refractivity contribution in [1.82, 2.24) is 14.9 Å². The molecule has 134 valence electrons. The quantitative estimate of drug-likeness (QED) is 0.471. The maximum Gasteiger partial charge on any atom is 0.356 e. The first-order valence-corrected chi connectivity index (χ1v) is 8.07. The van der Waals surface area contributed by atoms with E-state index in [9.17, 15) is 9.59 Å². The van der Waals surface area contributed by atoms with Crippen LogP contribution in [-0.4, -0.2) is 65.8 Å². The molecular formula is C16H21N5O4. The summed E-state index contributed by atoms with van der Waals surface area (Å²) in [6, 6.07) is 1.81. The average Bonchev–Trinajstić information content (AvgIpc) is 2.65. The molecule has 1 N–H and O–H groups in total. The number of esters is 1. The van der Waals surface area contributed by atoms with E-state index in [-0.39, 0.29) is 17.6 Å². The molecule has 2 aliphatic heterocycles. The molecule has 25 heavy (non-hydrogen) atoms. The number of ether oxygens (including phenoxy) is 1. The van der Waals surface area contributed by atoms with E-state index in [0.29, 0.717) is 36.5 Å². The van der Waals surface area contributed by atoms with Gasteiger partial charge in [-0.2, -0.15) is 0 Å². The molecule has 2 saturated heterocycles. The maximum atomic E-state index is 12.3. The van der Waals surface area contributed by atoms with Crippen LogP contribution in [0.4, 0.5) is 5.82 Å². The third kappa shape index (κ3) is 3.40. The first kappa shape index (κ1) is 17.1. The highest BCUT2D eigenvalue weighted by molar-refractivity contribution is 6.37. The molecule has 9 heteroatoms. The van der Waals surface area contributed by atoms with Gasteiger partial charge in [-0.15, -0.1) is 0 Å². The van der Waals surface area contributed by atoms with Gasteiger partial charge in [0.2, 0.25) is 0 Å². The Kier molecular flexibility index (Phi) is 4.82. The van der Waals surface area contributed by atoms with Crippen LogP contribution in [0, 0.1) is 11.8 Å². The molecule has 4 rings (SSSR count). The lowest BCUT2D eigenvalue weighted by Gasteiger charge is -2.53. The molecule has 1 aromatic heterocycles. The molecule has 9 nitrogen and oxygen atoms in total. The summed E-state index contributed by atoms with van der Waals surface area (Å²) in [5.74, 6) is 0.685. The number of rotatable bonds is 5. The summed E-state index contributed by atoms with van der Waals surface area (Å²) in [5, 5.41) is 7.07. The topological polar surface area (TPSA) is 106 Å². The van der Waals surface area contributed by atoms with Gasteiger partial charge in [-0.25, -0.2) is 14.8 Å². The zero-order valence-corrected chi connectivity index (χ0v) is 14.4. The second-order valence-corrected chi connectivity index (χ2v) is 6.28. The Hall–Kier alpha value is -2.71. The number of nitrogens with one attached hydrogen (secondary N) is 1. The van der Waals surface area contributed by atoms with Crippen LogP contribution in [0.5, 0.6) is 0 Å². The van der Waals surface area contributed by atoms with Gasteiger partial charge in [0, 0.05) is 25.2 Å². The zero-order chi connectivity index (χ0) is 18.0. The molecular weight excluding hydrogens is 326 g/mol. The number of aromatic nitrogens is 2. The number of amides is 1. The summed E-state index contributed by atoms with van der Waals surface area (Å²) in [6.45, 7) is 2.98. The molecule has 0 spiro atoms. The number of anilines is 1. The Morgan fingerprint density at radius 1 is 1.28 bits per heavy atom. The number of hydrogen-bond donors (Lipinski definition) is 1. The zero-order valence-electron chi connectivity index (χ0n) is 14.4. The van der Waals surface area contributed by atoms with Crippen LogP contribution in [0.2, 0.25) is 0 Å². The maximum absolute atomic E-state index is 12.3. The highest BCUT2D eigenvalue weighted by Gasteiger charge is 2.48. The Balaban J connectivity index is 1.62. The van der Waals surface area contributed by atoms with E-state index >= 15 is 0 Å². The largest absolute Gasteiger partial charge is 0.464 e. The fourth-order valence-electron chi connectivity index (χ4n) is 3.52. The van der Waals surface area contributed by atoms with E-state index in [1.165, 1.54) is 20.5 Å². The molecule has 0 aromatic carbocycles. The van der Waals surface area contributed by atoms with E-state index in [1.807, 2.05) is 4.90 Å². The van der Waals surface area contributed by atoms with Crippen molar-refractivity contribution in [2.24, 2.45) is 17.0 Å². The molecule has 2 bridgehead atoms. The van der Waals surface area contributed by atoms with Crippen molar-refractivity contribution in [2.45, 2.75) is 19.4 Å². The number of methoxy groups -OCH3 is 1. The fraction of sp³-hybridized carbons (Fsp3) is 0.562. The lowest BCUT2D eigenvalue weighted by atomic mass is 9.66. The van der Waals surface area contributed by atoms with Crippen LogP contribution >= 0.6 is 0 Å². The molecule has 1 saturated carbocycles. The summed E-state index contributed by atoms with van der Waals surface area (Å²) in [4.78, 5) is 38.4. The van der Waals surface area contributed by atoms with Crippen molar-refractivity contribution in [3.05, 3.63) is 18.1 Å². The minimum absolute atomic E-state index is 0.0926. The van der Waals surface area contributed by atoms with Crippen molar-refractivity contribution < 1.29 is 19.2 Å². The van der Waals surface area contributed by atoms with E-state index in [1.54, 1.807) is 13.0 Å². The van der Waals surface area contributed by atoms with E-state index in [4.69, 9.17) is 0 Å². The minimum atomic E-state index is -0.496. The first-order chi connectivity index (χ1) is 12.0. The highest BCUT2D eigenvalue weighted by atomic mass is 16.6. The van der Waals surface area contributed by atoms with Crippen molar-refractivity contribution in [2.75, 3.05) is 32.6 Å². The van der Waals surface area contributed by atoms with Gasteiger partial charge < -0.3 is 19.8 Å². The molecule has 3 heterocycles. The van der Waals surface area contributed by atoms with Crippen LogP contribution in [-0.2, 0) is 14.4 Å². The summed E-state index contributed by atoms with van der Waals surface area (Å²) >= 11 is 0. The van der Waals surface area contributed by atoms with Crippen LogP contribution in [0.3, 0.4) is 0 Å². The second-order valence-electron chi connectivity index (χ2n) is 6.28. The Labute approximate surface area is 145 Å². The number of carbonyl (C=O) groups is 2. The number of hydrogen-bond acceptors (Lipinski definition) is 8. The van der Waals surface area contributed by atoms with E-state index < -0.39 is 5.97 Å². The van der Waals surface area contributed by atoms with Gasteiger partial charge in [0.05, 0.1) is 7.11 Å². The van der Waals surface area contributed by atoms with Gasteiger partial charge in [0.1, 0.15) is 25.0 Å². The van der Waals surface area contributed by atoms with Gasteiger partial charge in [-0.1, -0.05) is 5.16 Å². The summed E-state index contributed by atoms with van der Waals surface area (Å²) < 4.78 is 4.67. The predicted octanol–water partition coefficient (Wildman–Crippen LogP) is 0.544. The average molecular weight is 347 g/mol. The monoisotopic (exact) mass is 347 g/mol. The lowest BCUT2D eigenvalue weighted by molar-refractivity contribution is -0.131. The molecule has 1 aliphatic carbocycles. The lowest BCUT2D eigenvalue weighted by Crippen LogP contribution is -2.62. The van der Waals surface area contributed by atoms with Crippen molar-refractivity contribution >= 4 is 23.4 Å². The molecule has 0 radical (unpaired) electrons. The van der Waals surface area contributed by atoms with Crippen LogP contribution in [0.1, 0.15) is 23.8 Å². The van der Waals surface area contributed by atoms with Gasteiger partial charge in [-0.05, 0) is 25.2 Å². The van der Waals surface area contributed by atoms with Crippen LogP contribution in [0.15, 0.2) is 17.5 Å². The van der Waals surface area contributed by atoms with Gasteiger partial charge >= 0.3 is 5.97 Å². The molecule has 1 amide bonds. The van der Waals surface area contributed by atoms with Crippen molar-refractivity contribution in [3.63, 3.8) is 0 Å². The summed E-state index contributed by atoms with van der Waals surface area (Å²) in [5.41, 5.74) is 0.569. The molecule has 2 atom stereocenters. The van der Waals surface area contributed by atoms with Gasteiger partial charge in [0.25, 0.3) is 5.91 Å².